The average molecular weight is 279 g/mol. The minimum atomic E-state index is -0.426. The first-order valence-electron chi connectivity index (χ1n) is 7.71. The van der Waals surface area contributed by atoms with Crippen molar-refractivity contribution in [3.8, 4) is 0 Å². The van der Waals surface area contributed by atoms with Crippen molar-refractivity contribution in [1.82, 2.24) is 15.1 Å². The first-order chi connectivity index (χ1) is 9.65. The molecule has 2 unspecified atom stereocenters. The van der Waals surface area contributed by atoms with Crippen molar-refractivity contribution in [3.63, 3.8) is 0 Å². The molecule has 1 aliphatic carbocycles. The summed E-state index contributed by atoms with van der Waals surface area (Å²) in [5.41, 5.74) is 1.53. The Morgan fingerprint density at radius 1 is 1.40 bits per heavy atom. The van der Waals surface area contributed by atoms with E-state index < -0.39 is 6.10 Å². The Hall–Kier alpha value is -1.36. The third kappa shape index (κ3) is 3.39. The highest BCUT2D eigenvalue weighted by Gasteiger charge is 2.25. The zero-order chi connectivity index (χ0) is 14.5. The summed E-state index contributed by atoms with van der Waals surface area (Å²) in [7, 11) is 0. The molecule has 1 aromatic rings. The molecule has 0 radical (unpaired) electrons. The molecular weight excluding hydrogens is 254 g/mol. The van der Waals surface area contributed by atoms with Crippen molar-refractivity contribution >= 4 is 5.91 Å². The number of nitrogens with zero attached hydrogens (tertiary/aromatic N) is 2. The quantitative estimate of drug-likeness (QED) is 0.827. The van der Waals surface area contributed by atoms with Crippen LogP contribution in [0.25, 0.3) is 0 Å². The van der Waals surface area contributed by atoms with Crippen LogP contribution in [0.1, 0.15) is 62.1 Å². The summed E-state index contributed by atoms with van der Waals surface area (Å²) in [4.78, 5) is 12.4. The molecule has 0 aromatic carbocycles. The number of hydrogen-bond donors (Lipinski definition) is 2. The Bertz CT molecular complexity index is 456. The van der Waals surface area contributed by atoms with Crippen molar-refractivity contribution in [2.45, 2.75) is 71.1 Å². The summed E-state index contributed by atoms with van der Waals surface area (Å²) in [5.74, 6) is -0.120. The van der Waals surface area contributed by atoms with Crippen LogP contribution in [0.3, 0.4) is 0 Å². The van der Waals surface area contributed by atoms with E-state index in [2.05, 4.69) is 10.4 Å². The van der Waals surface area contributed by atoms with Crippen LogP contribution in [0.2, 0.25) is 0 Å². The highest BCUT2D eigenvalue weighted by molar-refractivity contribution is 5.92. The number of aryl methyl sites for hydroxylation is 2. The summed E-state index contributed by atoms with van der Waals surface area (Å²) in [6.07, 6.45) is 5.27. The first-order valence-corrected chi connectivity index (χ1v) is 7.71. The van der Waals surface area contributed by atoms with Gasteiger partial charge < -0.3 is 10.4 Å². The number of aliphatic hydroxyl groups excluding tert-OH is 1. The first kappa shape index (κ1) is 15.0. The zero-order valence-electron chi connectivity index (χ0n) is 12.4. The Balaban J connectivity index is 2.08. The maximum Gasteiger partial charge on any atom is 0.269 e. The van der Waals surface area contributed by atoms with Crippen molar-refractivity contribution < 1.29 is 9.90 Å². The van der Waals surface area contributed by atoms with E-state index in [0.29, 0.717) is 12.2 Å². The molecule has 20 heavy (non-hydrogen) atoms. The maximum absolute atomic E-state index is 12.4. The van der Waals surface area contributed by atoms with E-state index in [1.807, 2.05) is 19.9 Å². The van der Waals surface area contributed by atoms with Crippen molar-refractivity contribution in [2.24, 2.45) is 0 Å². The second kappa shape index (κ2) is 6.88. The number of rotatable bonds is 4. The fourth-order valence-corrected chi connectivity index (χ4v) is 2.77. The van der Waals surface area contributed by atoms with Gasteiger partial charge in [0.25, 0.3) is 5.91 Å². The van der Waals surface area contributed by atoms with Gasteiger partial charge in [0.1, 0.15) is 5.69 Å². The molecule has 2 atom stereocenters. The third-order valence-electron chi connectivity index (χ3n) is 4.02. The van der Waals surface area contributed by atoms with E-state index in [4.69, 9.17) is 0 Å². The van der Waals surface area contributed by atoms with Gasteiger partial charge in [0, 0.05) is 6.54 Å². The number of hydrogen-bond acceptors (Lipinski definition) is 3. The fourth-order valence-electron chi connectivity index (χ4n) is 2.77. The molecule has 1 saturated carbocycles. The van der Waals surface area contributed by atoms with Gasteiger partial charge in [-0.2, -0.15) is 5.10 Å². The molecule has 1 heterocycles. The lowest BCUT2D eigenvalue weighted by Crippen LogP contribution is -2.43. The molecule has 0 bridgehead atoms. The molecule has 1 amide bonds. The normalized spacial score (nSPS) is 23.4. The van der Waals surface area contributed by atoms with Gasteiger partial charge in [0.2, 0.25) is 0 Å². The Labute approximate surface area is 120 Å². The van der Waals surface area contributed by atoms with Gasteiger partial charge in [-0.25, -0.2) is 0 Å². The predicted octanol–water partition coefficient (Wildman–Crippen LogP) is 1.89. The van der Waals surface area contributed by atoms with Gasteiger partial charge >= 0.3 is 0 Å². The van der Waals surface area contributed by atoms with Crippen LogP contribution in [-0.2, 0) is 13.0 Å². The number of aromatic nitrogens is 2. The Kier molecular flexibility index (Phi) is 5.17. The molecule has 1 aliphatic rings. The van der Waals surface area contributed by atoms with E-state index >= 15 is 0 Å². The molecule has 0 aliphatic heterocycles. The smallest absolute Gasteiger partial charge is 0.269 e. The fraction of sp³-hybridized carbons (Fsp3) is 0.733. The van der Waals surface area contributed by atoms with E-state index in [0.717, 1.165) is 44.2 Å². The molecule has 1 aromatic heterocycles. The molecule has 1 fully saturated rings. The molecule has 2 N–H and O–H groups in total. The lowest BCUT2D eigenvalue weighted by molar-refractivity contribution is 0.0809. The highest BCUT2D eigenvalue weighted by Crippen LogP contribution is 2.18. The largest absolute Gasteiger partial charge is 0.391 e. The molecule has 112 valence electrons. The van der Waals surface area contributed by atoms with Crippen molar-refractivity contribution in [2.75, 3.05) is 0 Å². The Morgan fingerprint density at radius 3 is 2.85 bits per heavy atom. The van der Waals surface area contributed by atoms with Crippen LogP contribution in [0, 0.1) is 0 Å². The number of carbonyl (C=O) groups is 1. The number of carbonyl (C=O) groups excluding carboxylic acids is 1. The predicted molar refractivity (Wildman–Crippen MR) is 77.6 cm³/mol. The summed E-state index contributed by atoms with van der Waals surface area (Å²) in [5, 5.41) is 17.5. The van der Waals surface area contributed by atoms with Crippen LogP contribution < -0.4 is 5.32 Å². The van der Waals surface area contributed by atoms with E-state index in [9.17, 15) is 9.90 Å². The maximum atomic E-state index is 12.4. The van der Waals surface area contributed by atoms with Gasteiger partial charge in [-0.1, -0.05) is 26.2 Å². The second-order valence-electron chi connectivity index (χ2n) is 5.48. The minimum absolute atomic E-state index is 0.120. The van der Waals surface area contributed by atoms with Gasteiger partial charge in [-0.3, -0.25) is 9.48 Å². The molecule has 5 heteroatoms. The van der Waals surface area contributed by atoms with Crippen LogP contribution in [0.15, 0.2) is 6.07 Å². The van der Waals surface area contributed by atoms with Gasteiger partial charge in [0.15, 0.2) is 0 Å². The number of nitrogens with one attached hydrogen (secondary N) is 1. The minimum Gasteiger partial charge on any atom is -0.391 e. The van der Waals surface area contributed by atoms with E-state index in [1.54, 1.807) is 4.68 Å². The molecule has 0 spiro atoms. The van der Waals surface area contributed by atoms with Crippen molar-refractivity contribution in [3.05, 3.63) is 17.5 Å². The SMILES string of the molecule is CCc1cc(C(=O)NC2CCCCCC2O)n(CC)n1. The van der Waals surface area contributed by atoms with Gasteiger partial charge in [-0.05, 0) is 32.3 Å². The molecule has 2 rings (SSSR count). The monoisotopic (exact) mass is 279 g/mol. The molecule has 0 saturated heterocycles. The lowest BCUT2D eigenvalue weighted by atomic mass is 10.1. The average Bonchev–Trinajstić information content (AvgIpc) is 2.78. The third-order valence-corrected chi connectivity index (χ3v) is 4.02. The highest BCUT2D eigenvalue weighted by atomic mass is 16.3. The summed E-state index contributed by atoms with van der Waals surface area (Å²) >= 11 is 0. The van der Waals surface area contributed by atoms with Crippen LogP contribution in [0.5, 0.6) is 0 Å². The van der Waals surface area contributed by atoms with Crippen LogP contribution in [-0.4, -0.2) is 32.9 Å². The van der Waals surface area contributed by atoms with Gasteiger partial charge in [0.05, 0.1) is 17.8 Å². The summed E-state index contributed by atoms with van der Waals surface area (Å²) in [6, 6.07) is 1.72. The van der Waals surface area contributed by atoms with E-state index in [1.165, 1.54) is 0 Å². The van der Waals surface area contributed by atoms with Crippen LogP contribution in [0.4, 0.5) is 0 Å². The van der Waals surface area contributed by atoms with E-state index in [-0.39, 0.29) is 11.9 Å². The molecule has 5 nitrogen and oxygen atoms in total. The lowest BCUT2D eigenvalue weighted by Gasteiger charge is -2.21. The summed E-state index contributed by atoms with van der Waals surface area (Å²) < 4.78 is 1.73. The van der Waals surface area contributed by atoms with Crippen molar-refractivity contribution in [1.29, 1.82) is 0 Å². The molecular formula is C15H25N3O2. The van der Waals surface area contributed by atoms with Crippen LogP contribution >= 0.6 is 0 Å². The zero-order valence-corrected chi connectivity index (χ0v) is 12.4. The standard InChI is InChI=1S/C15H25N3O2/c1-3-11-10-13(18(4-2)17-11)15(20)16-12-8-6-5-7-9-14(12)19/h10,12,14,19H,3-9H2,1-2H3,(H,16,20). The summed E-state index contributed by atoms with van der Waals surface area (Å²) in [6.45, 7) is 4.68. The van der Waals surface area contributed by atoms with Gasteiger partial charge in [-0.15, -0.1) is 0 Å². The second-order valence-corrected chi connectivity index (χ2v) is 5.48. The number of aliphatic hydroxyl groups is 1. The Morgan fingerprint density at radius 2 is 2.15 bits per heavy atom. The topological polar surface area (TPSA) is 67.2 Å². The number of amides is 1.